The van der Waals surface area contributed by atoms with E-state index in [0.717, 1.165) is 21.4 Å². The maximum atomic E-state index is 6.06. The highest BCUT2D eigenvalue weighted by Crippen LogP contribution is 2.32. The first kappa shape index (κ1) is 16.3. The van der Waals surface area contributed by atoms with Gasteiger partial charge in [-0.15, -0.1) is 11.3 Å². The fourth-order valence-electron chi connectivity index (χ4n) is 2.17. The molecule has 2 rings (SSSR count). The zero-order chi connectivity index (χ0) is 15.2. The van der Waals surface area contributed by atoms with Crippen LogP contribution in [0, 0.1) is 0 Å². The number of unbranched alkanes of at least 4 members (excludes halogenated alkanes) is 1. The molecule has 0 fully saturated rings. The zero-order valence-corrected chi connectivity index (χ0v) is 14.1. The van der Waals surface area contributed by atoms with Crippen LogP contribution in [0.2, 0.25) is 4.34 Å². The third-order valence-electron chi connectivity index (χ3n) is 3.36. The van der Waals surface area contributed by atoms with Crippen LogP contribution in [0.15, 0.2) is 36.4 Å². The van der Waals surface area contributed by atoms with Gasteiger partial charge in [0.25, 0.3) is 0 Å². The highest BCUT2D eigenvalue weighted by Gasteiger charge is 2.20. The molecule has 0 saturated heterocycles. The predicted octanol–water partition coefficient (Wildman–Crippen LogP) is 5.21. The number of nitrogens with two attached hydrogens (primary N) is 1. The Bertz CT molecular complexity index is 550. The summed E-state index contributed by atoms with van der Waals surface area (Å²) in [4.78, 5) is 1.06. The second kappa shape index (κ2) is 7.83. The minimum absolute atomic E-state index is 0.0977. The number of benzene rings is 1. The Balaban J connectivity index is 2.07. The molecule has 2 N–H and O–H groups in total. The first-order valence-corrected chi connectivity index (χ1v) is 8.56. The van der Waals surface area contributed by atoms with Gasteiger partial charge in [-0.05, 0) is 49.6 Å². The van der Waals surface area contributed by atoms with Crippen molar-refractivity contribution in [3.8, 4) is 5.75 Å². The second-order valence-corrected chi connectivity index (χ2v) is 7.03. The Morgan fingerprint density at radius 1 is 1.19 bits per heavy atom. The smallest absolute Gasteiger partial charge is 0.148 e. The van der Waals surface area contributed by atoms with E-state index < -0.39 is 0 Å². The summed E-state index contributed by atoms with van der Waals surface area (Å²) < 4.78 is 6.82. The standard InChI is InChI=1S/C17H22ClNOS/c1-3-4-5-13-6-8-14(9-7-13)20-17(12(2)19)15-10-11-16(18)21-15/h6-12,17H,3-5,19H2,1-2H3. The number of hydrogen-bond donors (Lipinski definition) is 1. The molecule has 2 atom stereocenters. The summed E-state index contributed by atoms with van der Waals surface area (Å²) in [6.45, 7) is 4.16. The van der Waals surface area contributed by atoms with Gasteiger partial charge in [-0.25, -0.2) is 0 Å². The molecule has 0 aliphatic heterocycles. The van der Waals surface area contributed by atoms with Crippen molar-refractivity contribution in [1.82, 2.24) is 0 Å². The molecule has 1 aromatic heterocycles. The monoisotopic (exact) mass is 323 g/mol. The van der Waals surface area contributed by atoms with Crippen LogP contribution < -0.4 is 10.5 Å². The molecule has 2 unspecified atom stereocenters. The van der Waals surface area contributed by atoms with E-state index in [2.05, 4.69) is 19.1 Å². The Hall–Kier alpha value is -1.03. The highest BCUT2D eigenvalue weighted by molar-refractivity contribution is 7.16. The van der Waals surface area contributed by atoms with E-state index in [-0.39, 0.29) is 12.1 Å². The van der Waals surface area contributed by atoms with Gasteiger partial charge in [-0.2, -0.15) is 0 Å². The number of hydrogen-bond acceptors (Lipinski definition) is 3. The van der Waals surface area contributed by atoms with Crippen LogP contribution in [-0.2, 0) is 6.42 Å². The molecule has 0 radical (unpaired) electrons. The third kappa shape index (κ3) is 4.73. The van der Waals surface area contributed by atoms with Crippen molar-refractivity contribution in [2.24, 2.45) is 5.73 Å². The lowest BCUT2D eigenvalue weighted by Crippen LogP contribution is -2.28. The largest absolute Gasteiger partial charge is 0.483 e. The van der Waals surface area contributed by atoms with Crippen molar-refractivity contribution in [3.63, 3.8) is 0 Å². The van der Waals surface area contributed by atoms with Crippen LogP contribution in [0.5, 0.6) is 5.75 Å². The van der Waals surface area contributed by atoms with E-state index in [1.807, 2.05) is 31.2 Å². The van der Waals surface area contributed by atoms with E-state index in [1.54, 1.807) is 0 Å². The Morgan fingerprint density at radius 2 is 1.90 bits per heavy atom. The lowest BCUT2D eigenvalue weighted by molar-refractivity contribution is 0.184. The van der Waals surface area contributed by atoms with Gasteiger partial charge in [0.15, 0.2) is 0 Å². The van der Waals surface area contributed by atoms with Gasteiger partial charge in [0, 0.05) is 10.9 Å². The molecular formula is C17H22ClNOS. The lowest BCUT2D eigenvalue weighted by atomic mass is 10.1. The van der Waals surface area contributed by atoms with Gasteiger partial charge < -0.3 is 10.5 Å². The molecule has 0 aliphatic carbocycles. The van der Waals surface area contributed by atoms with Crippen LogP contribution in [-0.4, -0.2) is 6.04 Å². The molecule has 4 heteroatoms. The Morgan fingerprint density at radius 3 is 2.43 bits per heavy atom. The molecule has 2 nitrogen and oxygen atoms in total. The molecule has 21 heavy (non-hydrogen) atoms. The zero-order valence-electron chi connectivity index (χ0n) is 12.5. The topological polar surface area (TPSA) is 35.2 Å². The minimum atomic E-state index is -0.163. The average Bonchev–Trinajstić information content (AvgIpc) is 2.89. The lowest BCUT2D eigenvalue weighted by Gasteiger charge is -2.21. The van der Waals surface area contributed by atoms with Gasteiger partial charge in [0.1, 0.15) is 11.9 Å². The van der Waals surface area contributed by atoms with Crippen molar-refractivity contribution in [3.05, 3.63) is 51.2 Å². The normalized spacial score (nSPS) is 13.9. The van der Waals surface area contributed by atoms with Crippen LogP contribution >= 0.6 is 22.9 Å². The van der Waals surface area contributed by atoms with Crippen LogP contribution in [0.1, 0.15) is 43.2 Å². The number of ether oxygens (including phenoxy) is 1. The number of aryl methyl sites for hydroxylation is 1. The maximum Gasteiger partial charge on any atom is 0.148 e. The number of halogens is 1. The van der Waals surface area contributed by atoms with E-state index in [1.165, 1.54) is 29.7 Å². The molecule has 114 valence electrons. The van der Waals surface area contributed by atoms with E-state index in [9.17, 15) is 0 Å². The molecule has 2 aromatic rings. The number of thiophene rings is 1. The van der Waals surface area contributed by atoms with Gasteiger partial charge in [0.05, 0.1) is 4.34 Å². The molecule has 0 spiro atoms. The molecule has 0 amide bonds. The Labute approximate surface area is 135 Å². The summed E-state index contributed by atoms with van der Waals surface area (Å²) in [6.07, 6.45) is 3.39. The van der Waals surface area contributed by atoms with Crippen LogP contribution in [0.25, 0.3) is 0 Å². The predicted molar refractivity (Wildman–Crippen MR) is 91.4 cm³/mol. The Kier molecular flexibility index (Phi) is 6.09. The maximum absolute atomic E-state index is 6.06. The van der Waals surface area contributed by atoms with E-state index in [0.29, 0.717) is 0 Å². The molecule has 1 heterocycles. The average molecular weight is 324 g/mol. The van der Waals surface area contributed by atoms with E-state index >= 15 is 0 Å². The molecule has 0 bridgehead atoms. The fraction of sp³-hybridized carbons (Fsp3) is 0.412. The number of rotatable bonds is 7. The first-order valence-electron chi connectivity index (χ1n) is 7.36. The molecule has 1 aromatic carbocycles. The summed E-state index contributed by atoms with van der Waals surface area (Å²) in [6, 6.07) is 12.1. The first-order chi connectivity index (χ1) is 10.1. The van der Waals surface area contributed by atoms with Gasteiger partial charge >= 0.3 is 0 Å². The van der Waals surface area contributed by atoms with Crippen molar-refractivity contribution >= 4 is 22.9 Å². The summed E-state index contributed by atoms with van der Waals surface area (Å²) in [5.74, 6) is 0.849. The van der Waals surface area contributed by atoms with Crippen LogP contribution in [0.4, 0.5) is 0 Å². The fourth-order valence-corrected chi connectivity index (χ4v) is 3.37. The van der Waals surface area contributed by atoms with Crippen molar-refractivity contribution in [1.29, 1.82) is 0 Å². The van der Waals surface area contributed by atoms with Crippen molar-refractivity contribution < 1.29 is 4.74 Å². The summed E-state index contributed by atoms with van der Waals surface area (Å²) in [5.41, 5.74) is 7.41. The second-order valence-electron chi connectivity index (χ2n) is 5.29. The SMILES string of the molecule is CCCCc1ccc(OC(c2ccc(Cl)s2)C(C)N)cc1. The third-order valence-corrected chi connectivity index (χ3v) is 4.65. The summed E-state index contributed by atoms with van der Waals surface area (Å²) in [5, 5.41) is 0. The summed E-state index contributed by atoms with van der Waals surface area (Å²) >= 11 is 7.52. The molecule has 0 aliphatic rings. The minimum Gasteiger partial charge on any atom is -0.483 e. The van der Waals surface area contributed by atoms with E-state index in [4.69, 9.17) is 22.1 Å². The summed E-state index contributed by atoms with van der Waals surface area (Å²) in [7, 11) is 0. The van der Waals surface area contributed by atoms with Crippen molar-refractivity contribution in [2.75, 3.05) is 0 Å². The molecular weight excluding hydrogens is 302 g/mol. The van der Waals surface area contributed by atoms with Crippen molar-refractivity contribution in [2.45, 2.75) is 45.3 Å². The van der Waals surface area contributed by atoms with Crippen LogP contribution in [0.3, 0.4) is 0 Å². The quantitative estimate of drug-likeness (QED) is 0.759. The highest BCUT2D eigenvalue weighted by atomic mass is 35.5. The van der Waals surface area contributed by atoms with Gasteiger partial charge in [-0.1, -0.05) is 37.1 Å². The van der Waals surface area contributed by atoms with Gasteiger partial charge in [0.2, 0.25) is 0 Å². The molecule has 0 saturated carbocycles. The van der Waals surface area contributed by atoms with Gasteiger partial charge in [-0.3, -0.25) is 0 Å².